The number of nitrogens with one attached hydrogen (secondary N) is 2. The Morgan fingerprint density at radius 3 is 2.46 bits per heavy atom. The average molecular weight is 373 g/mol. The van der Waals surface area contributed by atoms with Crippen molar-refractivity contribution in [2.45, 2.75) is 19.1 Å². The number of rotatable bonds is 7. The van der Waals surface area contributed by atoms with Gasteiger partial charge < -0.3 is 10.6 Å². The lowest BCUT2D eigenvalue weighted by atomic mass is 10.2. The molecular formula is C18H19N3O4S. The molecule has 2 aromatic rings. The van der Waals surface area contributed by atoms with Crippen LogP contribution < -0.4 is 10.6 Å². The van der Waals surface area contributed by atoms with Crippen LogP contribution in [0.1, 0.15) is 12.5 Å². The first-order valence-corrected chi connectivity index (χ1v) is 8.93. The Kier molecular flexibility index (Phi) is 6.74. The fourth-order valence-corrected chi connectivity index (χ4v) is 2.74. The molecule has 2 amide bonds. The highest BCUT2D eigenvalue weighted by molar-refractivity contribution is 8.01. The first-order valence-electron chi connectivity index (χ1n) is 7.88. The fraction of sp³-hybridized carbons (Fsp3) is 0.222. The zero-order valence-electron chi connectivity index (χ0n) is 14.4. The number of nitrogens with zero attached hydrogens (tertiary/aromatic N) is 1. The van der Waals surface area contributed by atoms with Gasteiger partial charge in [-0.1, -0.05) is 23.8 Å². The van der Waals surface area contributed by atoms with Crippen LogP contribution >= 0.6 is 11.8 Å². The standard InChI is InChI=1S/C18H19N3O4S/c1-12-6-8-14(9-7-12)19-17(22)11-26-13(2)18(23)20-15-4-3-5-16(10-15)21(24)25/h3-10,13H,11H2,1-2H3,(H,19,22)(H,20,23)/t13-/m1/s1. The van der Waals surface area contributed by atoms with Crippen LogP contribution in [-0.2, 0) is 9.59 Å². The van der Waals surface area contributed by atoms with E-state index in [-0.39, 0.29) is 23.3 Å². The molecule has 0 unspecified atom stereocenters. The molecule has 0 spiro atoms. The highest BCUT2D eigenvalue weighted by Gasteiger charge is 2.16. The van der Waals surface area contributed by atoms with Gasteiger partial charge >= 0.3 is 0 Å². The molecule has 2 N–H and O–H groups in total. The van der Waals surface area contributed by atoms with E-state index >= 15 is 0 Å². The van der Waals surface area contributed by atoms with E-state index in [1.54, 1.807) is 13.0 Å². The number of hydrogen-bond donors (Lipinski definition) is 2. The van der Waals surface area contributed by atoms with Crippen LogP contribution in [0.3, 0.4) is 0 Å². The minimum Gasteiger partial charge on any atom is -0.325 e. The summed E-state index contributed by atoms with van der Waals surface area (Å²) >= 11 is 1.19. The van der Waals surface area contributed by atoms with Crippen LogP contribution in [0.15, 0.2) is 48.5 Å². The molecule has 7 nitrogen and oxygen atoms in total. The molecule has 0 heterocycles. The van der Waals surface area contributed by atoms with Gasteiger partial charge in [-0.2, -0.15) is 0 Å². The van der Waals surface area contributed by atoms with Crippen molar-refractivity contribution in [3.05, 3.63) is 64.2 Å². The summed E-state index contributed by atoms with van der Waals surface area (Å²) in [5.41, 5.74) is 2.06. The van der Waals surface area contributed by atoms with Gasteiger partial charge in [-0.05, 0) is 32.0 Å². The SMILES string of the molecule is Cc1ccc(NC(=O)CS[C@H](C)C(=O)Nc2cccc([N+](=O)[O-])c2)cc1. The number of carbonyl (C=O) groups is 2. The Balaban J connectivity index is 1.83. The second-order valence-electron chi connectivity index (χ2n) is 5.66. The van der Waals surface area contributed by atoms with Crippen LogP contribution in [0, 0.1) is 17.0 Å². The number of anilines is 2. The second-order valence-corrected chi connectivity index (χ2v) is 6.99. The van der Waals surface area contributed by atoms with Crippen molar-refractivity contribution in [3.8, 4) is 0 Å². The fourth-order valence-electron chi connectivity index (χ4n) is 2.05. The maximum atomic E-state index is 12.2. The van der Waals surface area contributed by atoms with E-state index in [4.69, 9.17) is 0 Å². The molecule has 8 heteroatoms. The molecular weight excluding hydrogens is 354 g/mol. The zero-order chi connectivity index (χ0) is 19.1. The molecule has 0 aliphatic carbocycles. The van der Waals surface area contributed by atoms with Gasteiger partial charge in [0.2, 0.25) is 11.8 Å². The lowest BCUT2D eigenvalue weighted by Crippen LogP contribution is -2.25. The summed E-state index contributed by atoms with van der Waals surface area (Å²) in [6.45, 7) is 3.64. The molecule has 2 rings (SSSR count). The summed E-state index contributed by atoms with van der Waals surface area (Å²) in [5, 5.41) is 15.7. The number of benzene rings is 2. The van der Waals surface area contributed by atoms with E-state index in [1.165, 1.54) is 30.0 Å². The van der Waals surface area contributed by atoms with Crippen LogP contribution in [0.5, 0.6) is 0 Å². The van der Waals surface area contributed by atoms with Crippen LogP contribution in [0.2, 0.25) is 0 Å². The summed E-state index contributed by atoms with van der Waals surface area (Å²) < 4.78 is 0. The van der Waals surface area contributed by atoms with Gasteiger partial charge in [-0.3, -0.25) is 19.7 Å². The van der Waals surface area contributed by atoms with Crippen molar-refractivity contribution >= 4 is 40.6 Å². The molecule has 2 aromatic carbocycles. The highest BCUT2D eigenvalue weighted by atomic mass is 32.2. The highest BCUT2D eigenvalue weighted by Crippen LogP contribution is 2.19. The van der Waals surface area contributed by atoms with Crippen molar-refractivity contribution in [1.29, 1.82) is 0 Å². The molecule has 0 bridgehead atoms. The maximum absolute atomic E-state index is 12.2. The van der Waals surface area contributed by atoms with E-state index in [0.717, 1.165) is 5.56 Å². The molecule has 0 aliphatic rings. The largest absolute Gasteiger partial charge is 0.325 e. The summed E-state index contributed by atoms with van der Waals surface area (Å²) in [7, 11) is 0. The quantitative estimate of drug-likeness (QED) is 0.570. The zero-order valence-corrected chi connectivity index (χ0v) is 15.2. The first-order chi connectivity index (χ1) is 12.3. The normalized spacial score (nSPS) is 11.5. The number of nitro groups is 1. The number of hydrogen-bond acceptors (Lipinski definition) is 5. The number of aryl methyl sites for hydroxylation is 1. The minimum absolute atomic E-state index is 0.0967. The molecule has 0 saturated heterocycles. The number of nitro benzene ring substituents is 1. The molecule has 0 radical (unpaired) electrons. The molecule has 0 fully saturated rings. The van der Waals surface area contributed by atoms with Gasteiger partial charge in [-0.15, -0.1) is 11.8 Å². The van der Waals surface area contributed by atoms with Crippen molar-refractivity contribution < 1.29 is 14.5 Å². The van der Waals surface area contributed by atoms with Crippen LogP contribution in [-0.4, -0.2) is 27.7 Å². The molecule has 0 aliphatic heterocycles. The average Bonchev–Trinajstić information content (AvgIpc) is 2.61. The minimum atomic E-state index is -0.525. The number of carbonyl (C=O) groups excluding carboxylic acids is 2. The van der Waals surface area contributed by atoms with Crippen LogP contribution in [0.25, 0.3) is 0 Å². The second kappa shape index (κ2) is 9.00. The Bertz CT molecular complexity index is 808. The van der Waals surface area contributed by atoms with Crippen molar-refractivity contribution in [2.24, 2.45) is 0 Å². The van der Waals surface area contributed by atoms with Crippen molar-refractivity contribution in [1.82, 2.24) is 0 Å². The van der Waals surface area contributed by atoms with Crippen molar-refractivity contribution in [2.75, 3.05) is 16.4 Å². The molecule has 136 valence electrons. The van der Waals surface area contributed by atoms with E-state index in [1.807, 2.05) is 31.2 Å². The Morgan fingerprint density at radius 2 is 1.81 bits per heavy atom. The van der Waals surface area contributed by atoms with E-state index in [9.17, 15) is 19.7 Å². The van der Waals surface area contributed by atoms with Gasteiger partial charge in [0.15, 0.2) is 0 Å². The predicted molar refractivity (Wildman–Crippen MR) is 103 cm³/mol. The van der Waals surface area contributed by atoms with Gasteiger partial charge in [-0.25, -0.2) is 0 Å². The van der Waals surface area contributed by atoms with Gasteiger partial charge in [0, 0.05) is 23.5 Å². The van der Waals surface area contributed by atoms with E-state index in [2.05, 4.69) is 10.6 Å². The third kappa shape index (κ3) is 5.89. The summed E-state index contributed by atoms with van der Waals surface area (Å²) in [4.78, 5) is 34.4. The molecule has 0 aromatic heterocycles. The van der Waals surface area contributed by atoms with Crippen molar-refractivity contribution in [3.63, 3.8) is 0 Å². The third-order valence-electron chi connectivity index (χ3n) is 3.49. The Labute approximate surface area is 155 Å². The first kappa shape index (κ1) is 19.5. The molecule has 1 atom stereocenters. The lowest BCUT2D eigenvalue weighted by molar-refractivity contribution is -0.384. The number of thioether (sulfide) groups is 1. The summed E-state index contributed by atoms with van der Waals surface area (Å²) in [5.74, 6) is -0.398. The van der Waals surface area contributed by atoms with Gasteiger partial charge in [0.25, 0.3) is 5.69 Å². The maximum Gasteiger partial charge on any atom is 0.271 e. The lowest BCUT2D eigenvalue weighted by Gasteiger charge is -2.12. The Hall–Kier alpha value is -2.87. The third-order valence-corrected chi connectivity index (χ3v) is 4.64. The van der Waals surface area contributed by atoms with E-state index < -0.39 is 10.2 Å². The van der Waals surface area contributed by atoms with E-state index in [0.29, 0.717) is 11.4 Å². The molecule has 0 saturated carbocycles. The van der Waals surface area contributed by atoms with Gasteiger partial charge in [0.05, 0.1) is 15.9 Å². The van der Waals surface area contributed by atoms with Gasteiger partial charge in [0.1, 0.15) is 0 Å². The Morgan fingerprint density at radius 1 is 1.12 bits per heavy atom. The molecule has 26 heavy (non-hydrogen) atoms. The monoisotopic (exact) mass is 373 g/mol. The predicted octanol–water partition coefficient (Wildman–Crippen LogP) is 3.60. The smallest absolute Gasteiger partial charge is 0.271 e. The summed E-state index contributed by atoms with van der Waals surface area (Å²) in [6.07, 6.45) is 0. The van der Waals surface area contributed by atoms with Crippen LogP contribution in [0.4, 0.5) is 17.1 Å². The summed E-state index contributed by atoms with van der Waals surface area (Å²) in [6, 6.07) is 13.2. The number of non-ortho nitro benzene ring substituents is 1. The number of amides is 2. The topological polar surface area (TPSA) is 101 Å².